The van der Waals surface area contributed by atoms with Crippen LogP contribution < -0.4 is 16.4 Å². The largest absolute Gasteiger partial charge is 0.354 e. The first-order valence-electron chi connectivity index (χ1n) is 5.57. The Balaban J connectivity index is 2.03. The molecule has 1 fully saturated rings. The number of carbonyl (C=O) groups is 2. The minimum atomic E-state index is -0.545. The molecule has 0 bridgehead atoms. The summed E-state index contributed by atoms with van der Waals surface area (Å²) in [5.41, 5.74) is 5.56. The number of hydrogen-bond donors (Lipinski definition) is 3. The summed E-state index contributed by atoms with van der Waals surface area (Å²) in [5.74, 6) is 0.0870. The molecule has 1 atom stereocenters. The van der Waals surface area contributed by atoms with Crippen LogP contribution in [0.1, 0.15) is 19.3 Å². The molecule has 0 aliphatic heterocycles. The summed E-state index contributed by atoms with van der Waals surface area (Å²) in [6, 6.07) is -0.545. The van der Waals surface area contributed by atoms with Gasteiger partial charge >= 0.3 is 0 Å². The van der Waals surface area contributed by atoms with Crippen LogP contribution in [0.15, 0.2) is 12.7 Å². The summed E-state index contributed by atoms with van der Waals surface area (Å²) in [6.07, 6.45) is 4.05. The predicted molar refractivity (Wildman–Crippen MR) is 61.5 cm³/mol. The molecule has 16 heavy (non-hydrogen) atoms. The van der Waals surface area contributed by atoms with E-state index >= 15 is 0 Å². The first kappa shape index (κ1) is 12.7. The summed E-state index contributed by atoms with van der Waals surface area (Å²) in [6.45, 7) is 4.39. The van der Waals surface area contributed by atoms with Crippen molar-refractivity contribution in [2.45, 2.75) is 25.3 Å². The van der Waals surface area contributed by atoms with Crippen LogP contribution in [0.5, 0.6) is 0 Å². The van der Waals surface area contributed by atoms with Gasteiger partial charge in [-0.15, -0.1) is 6.58 Å². The lowest BCUT2D eigenvalue weighted by molar-refractivity contribution is -0.124. The molecule has 90 valence electrons. The quantitative estimate of drug-likeness (QED) is 0.404. The van der Waals surface area contributed by atoms with Gasteiger partial charge in [0.05, 0.1) is 6.04 Å². The maximum Gasteiger partial charge on any atom is 0.237 e. The minimum Gasteiger partial charge on any atom is -0.354 e. The standard InChI is InChI=1S/C11H19N3O2/c1-2-3-9(12)11(16)14-7-6-13-10(15)8-4-5-8/h2,8-9H,1,3-7,12H2,(H,13,15)(H,14,16). The lowest BCUT2D eigenvalue weighted by atomic mass is 10.2. The Morgan fingerprint density at radius 3 is 2.56 bits per heavy atom. The van der Waals surface area contributed by atoms with Crippen LogP contribution >= 0.6 is 0 Å². The van der Waals surface area contributed by atoms with Crippen LogP contribution in [0.3, 0.4) is 0 Å². The van der Waals surface area contributed by atoms with Gasteiger partial charge in [-0.3, -0.25) is 9.59 Å². The van der Waals surface area contributed by atoms with Gasteiger partial charge in [-0.05, 0) is 19.3 Å². The lowest BCUT2D eigenvalue weighted by Gasteiger charge is -2.10. The molecular formula is C11H19N3O2. The molecule has 5 heteroatoms. The van der Waals surface area contributed by atoms with Crippen LogP contribution in [0.4, 0.5) is 0 Å². The molecule has 5 nitrogen and oxygen atoms in total. The number of hydrogen-bond acceptors (Lipinski definition) is 3. The Labute approximate surface area is 95.5 Å². The molecule has 0 spiro atoms. The van der Waals surface area contributed by atoms with Crippen LogP contribution in [-0.4, -0.2) is 30.9 Å². The number of nitrogens with two attached hydrogens (primary N) is 1. The van der Waals surface area contributed by atoms with E-state index < -0.39 is 6.04 Å². The van der Waals surface area contributed by atoms with Crippen molar-refractivity contribution in [3.63, 3.8) is 0 Å². The zero-order valence-electron chi connectivity index (χ0n) is 9.37. The maximum absolute atomic E-state index is 11.3. The van der Waals surface area contributed by atoms with Gasteiger partial charge in [-0.25, -0.2) is 0 Å². The molecule has 0 aromatic carbocycles. The van der Waals surface area contributed by atoms with Gasteiger partial charge in [0.25, 0.3) is 0 Å². The third-order valence-electron chi connectivity index (χ3n) is 2.43. The van der Waals surface area contributed by atoms with E-state index in [1.165, 1.54) is 0 Å². The maximum atomic E-state index is 11.3. The predicted octanol–water partition coefficient (Wildman–Crippen LogP) is -0.468. The Kier molecular flexibility index (Phi) is 4.98. The van der Waals surface area contributed by atoms with Crippen molar-refractivity contribution in [3.8, 4) is 0 Å². The second-order valence-electron chi connectivity index (χ2n) is 3.99. The van der Waals surface area contributed by atoms with E-state index in [4.69, 9.17) is 5.73 Å². The van der Waals surface area contributed by atoms with E-state index in [9.17, 15) is 9.59 Å². The second-order valence-corrected chi connectivity index (χ2v) is 3.99. The highest BCUT2D eigenvalue weighted by Gasteiger charge is 2.28. The van der Waals surface area contributed by atoms with Crippen molar-refractivity contribution >= 4 is 11.8 Å². The average Bonchev–Trinajstić information content (AvgIpc) is 3.07. The number of rotatable bonds is 7. The van der Waals surface area contributed by atoms with Crippen molar-refractivity contribution < 1.29 is 9.59 Å². The Bertz CT molecular complexity index is 274. The smallest absolute Gasteiger partial charge is 0.237 e. The molecule has 0 aromatic rings. The topological polar surface area (TPSA) is 84.2 Å². The summed E-state index contributed by atoms with van der Waals surface area (Å²) >= 11 is 0. The van der Waals surface area contributed by atoms with Gasteiger partial charge in [-0.2, -0.15) is 0 Å². The zero-order valence-corrected chi connectivity index (χ0v) is 9.37. The first-order chi connectivity index (χ1) is 7.65. The average molecular weight is 225 g/mol. The fourth-order valence-corrected chi connectivity index (χ4v) is 1.28. The van der Waals surface area contributed by atoms with Crippen LogP contribution in [0.25, 0.3) is 0 Å². The molecule has 1 rings (SSSR count). The van der Waals surface area contributed by atoms with Crippen molar-refractivity contribution in [1.82, 2.24) is 10.6 Å². The molecule has 0 heterocycles. The summed E-state index contributed by atoms with van der Waals surface area (Å²) in [4.78, 5) is 22.6. The monoisotopic (exact) mass is 225 g/mol. The molecule has 0 saturated heterocycles. The Hall–Kier alpha value is -1.36. The fourth-order valence-electron chi connectivity index (χ4n) is 1.28. The van der Waals surface area contributed by atoms with E-state index in [0.29, 0.717) is 19.5 Å². The highest BCUT2D eigenvalue weighted by atomic mass is 16.2. The molecule has 1 aliphatic rings. The van der Waals surface area contributed by atoms with Crippen LogP contribution in [0, 0.1) is 5.92 Å². The summed E-state index contributed by atoms with van der Waals surface area (Å²) < 4.78 is 0. The van der Waals surface area contributed by atoms with Gasteiger partial charge in [0.15, 0.2) is 0 Å². The summed E-state index contributed by atoms with van der Waals surface area (Å²) in [7, 11) is 0. The second kappa shape index (κ2) is 6.27. The number of carbonyl (C=O) groups excluding carboxylic acids is 2. The van der Waals surface area contributed by atoms with Gasteiger partial charge in [0.2, 0.25) is 11.8 Å². The van der Waals surface area contributed by atoms with Gasteiger partial charge in [0.1, 0.15) is 0 Å². The van der Waals surface area contributed by atoms with E-state index in [-0.39, 0.29) is 17.7 Å². The van der Waals surface area contributed by atoms with Crippen molar-refractivity contribution in [1.29, 1.82) is 0 Å². The molecule has 1 aliphatic carbocycles. The molecule has 1 saturated carbocycles. The van der Waals surface area contributed by atoms with Gasteiger partial charge in [0, 0.05) is 19.0 Å². The number of nitrogens with one attached hydrogen (secondary N) is 2. The fraction of sp³-hybridized carbons (Fsp3) is 0.636. The van der Waals surface area contributed by atoms with E-state index in [2.05, 4.69) is 17.2 Å². The third-order valence-corrected chi connectivity index (χ3v) is 2.43. The molecule has 4 N–H and O–H groups in total. The van der Waals surface area contributed by atoms with Gasteiger partial charge < -0.3 is 16.4 Å². The molecule has 0 radical (unpaired) electrons. The third kappa shape index (κ3) is 4.44. The van der Waals surface area contributed by atoms with Crippen molar-refractivity contribution in [3.05, 3.63) is 12.7 Å². The number of amides is 2. The normalized spacial score (nSPS) is 16.3. The van der Waals surface area contributed by atoms with Gasteiger partial charge in [-0.1, -0.05) is 6.08 Å². The molecule has 0 aromatic heterocycles. The van der Waals surface area contributed by atoms with Crippen molar-refractivity contribution in [2.75, 3.05) is 13.1 Å². The Morgan fingerprint density at radius 2 is 2.00 bits per heavy atom. The lowest BCUT2D eigenvalue weighted by Crippen LogP contribution is -2.43. The highest BCUT2D eigenvalue weighted by molar-refractivity contribution is 5.82. The highest BCUT2D eigenvalue weighted by Crippen LogP contribution is 2.28. The SMILES string of the molecule is C=CCC(N)C(=O)NCCNC(=O)C1CC1. The Morgan fingerprint density at radius 1 is 1.38 bits per heavy atom. The van der Waals surface area contributed by atoms with Crippen LogP contribution in [0.2, 0.25) is 0 Å². The zero-order chi connectivity index (χ0) is 12.0. The van der Waals surface area contributed by atoms with Crippen LogP contribution in [-0.2, 0) is 9.59 Å². The first-order valence-corrected chi connectivity index (χ1v) is 5.57. The minimum absolute atomic E-state index is 0.0876. The van der Waals surface area contributed by atoms with E-state index in [1.54, 1.807) is 6.08 Å². The summed E-state index contributed by atoms with van der Waals surface area (Å²) in [5, 5.41) is 5.41. The van der Waals surface area contributed by atoms with E-state index in [1.807, 2.05) is 0 Å². The molecular weight excluding hydrogens is 206 g/mol. The van der Waals surface area contributed by atoms with E-state index in [0.717, 1.165) is 12.8 Å². The van der Waals surface area contributed by atoms with Crippen molar-refractivity contribution in [2.24, 2.45) is 11.7 Å². The molecule has 2 amide bonds. The molecule has 1 unspecified atom stereocenters.